The van der Waals surface area contributed by atoms with E-state index in [2.05, 4.69) is 4.72 Å². The van der Waals surface area contributed by atoms with E-state index < -0.39 is 32.7 Å². The van der Waals surface area contributed by atoms with Crippen LogP contribution >= 0.6 is 11.6 Å². The number of hydrogen-bond donors (Lipinski definition) is 2. The Labute approximate surface area is 121 Å². The second-order valence-electron chi connectivity index (χ2n) is 4.38. The van der Waals surface area contributed by atoms with Gasteiger partial charge in [0.15, 0.2) is 5.82 Å². The van der Waals surface area contributed by atoms with E-state index in [0.29, 0.717) is 0 Å². The van der Waals surface area contributed by atoms with E-state index in [4.69, 9.17) is 17.3 Å². The Morgan fingerprint density at radius 2 is 2.00 bits per heavy atom. The third kappa shape index (κ3) is 3.59. The highest BCUT2D eigenvalue weighted by atomic mass is 35.5. The van der Waals surface area contributed by atoms with E-state index in [9.17, 15) is 17.6 Å². The van der Waals surface area contributed by atoms with Crippen LogP contribution in [0.3, 0.4) is 0 Å². The lowest BCUT2D eigenvalue weighted by atomic mass is 10.3. The maximum atomic E-state index is 13.8. The van der Waals surface area contributed by atoms with Gasteiger partial charge in [-0.25, -0.2) is 12.8 Å². The van der Waals surface area contributed by atoms with Crippen LogP contribution in [0, 0.1) is 5.82 Å². The topological polar surface area (TPSA) is 92.5 Å². The van der Waals surface area contributed by atoms with Gasteiger partial charge in [-0.1, -0.05) is 11.6 Å². The molecule has 0 heterocycles. The van der Waals surface area contributed by atoms with Gasteiger partial charge in [-0.05, 0) is 19.1 Å². The molecule has 20 heavy (non-hydrogen) atoms. The SMILES string of the molecule is CC(NS(=O)(=O)c1cc(Cl)cc(N)c1F)C(=O)N(C)C. The number of rotatable bonds is 4. The Hall–Kier alpha value is -1.38. The first kappa shape index (κ1) is 16.7. The quantitative estimate of drug-likeness (QED) is 0.802. The standard InChI is InChI=1S/C11H15ClFN3O3S/c1-6(11(17)16(2)3)15-20(18,19)9-5-7(12)4-8(14)10(9)13/h4-6,15H,14H2,1-3H3. The van der Waals surface area contributed by atoms with Crippen LogP contribution in [-0.4, -0.2) is 39.4 Å². The fourth-order valence-electron chi connectivity index (χ4n) is 1.51. The number of carbonyl (C=O) groups excluding carboxylic acids is 1. The van der Waals surface area contributed by atoms with E-state index in [0.717, 1.165) is 12.1 Å². The molecule has 1 atom stereocenters. The Morgan fingerprint density at radius 1 is 1.45 bits per heavy atom. The molecular formula is C11H15ClFN3O3S. The van der Waals surface area contributed by atoms with Crippen molar-refractivity contribution in [2.45, 2.75) is 17.9 Å². The molecule has 0 aliphatic heterocycles. The molecule has 9 heteroatoms. The van der Waals surface area contributed by atoms with E-state index >= 15 is 0 Å². The number of nitrogens with zero attached hydrogens (tertiary/aromatic N) is 1. The molecule has 1 amide bonds. The van der Waals surface area contributed by atoms with Crippen LogP contribution in [0.2, 0.25) is 5.02 Å². The van der Waals surface area contributed by atoms with Gasteiger partial charge < -0.3 is 10.6 Å². The Morgan fingerprint density at radius 3 is 2.50 bits per heavy atom. The minimum atomic E-state index is -4.25. The number of likely N-dealkylation sites (N-methyl/N-ethyl adjacent to an activating group) is 1. The van der Waals surface area contributed by atoms with Crippen molar-refractivity contribution in [2.75, 3.05) is 19.8 Å². The van der Waals surface area contributed by atoms with Crippen molar-refractivity contribution in [3.05, 3.63) is 23.0 Å². The average Bonchev–Trinajstić information content (AvgIpc) is 2.31. The van der Waals surface area contributed by atoms with Gasteiger partial charge in [0.05, 0.1) is 11.7 Å². The van der Waals surface area contributed by atoms with Crippen LogP contribution in [-0.2, 0) is 14.8 Å². The summed E-state index contributed by atoms with van der Waals surface area (Å²) in [6.07, 6.45) is 0. The Bertz CT molecular complexity index is 634. The molecule has 0 aliphatic carbocycles. The zero-order valence-electron chi connectivity index (χ0n) is 11.1. The van der Waals surface area contributed by atoms with Gasteiger partial charge in [0.25, 0.3) is 0 Å². The van der Waals surface area contributed by atoms with Crippen molar-refractivity contribution in [1.82, 2.24) is 9.62 Å². The molecule has 3 N–H and O–H groups in total. The summed E-state index contributed by atoms with van der Waals surface area (Å²) in [6, 6.07) is 0.988. The summed E-state index contributed by atoms with van der Waals surface area (Å²) in [7, 11) is -1.30. The maximum absolute atomic E-state index is 13.8. The molecule has 1 aromatic rings. The van der Waals surface area contributed by atoms with Crippen LogP contribution in [0.25, 0.3) is 0 Å². The highest BCUT2D eigenvalue weighted by molar-refractivity contribution is 7.89. The first-order chi connectivity index (χ1) is 9.06. The molecule has 112 valence electrons. The van der Waals surface area contributed by atoms with Gasteiger partial charge in [-0.3, -0.25) is 4.79 Å². The van der Waals surface area contributed by atoms with Crippen LogP contribution in [0.4, 0.5) is 10.1 Å². The lowest BCUT2D eigenvalue weighted by molar-refractivity contribution is -0.130. The lowest BCUT2D eigenvalue weighted by Gasteiger charge is -2.18. The average molecular weight is 324 g/mol. The van der Waals surface area contributed by atoms with Gasteiger partial charge in [0.2, 0.25) is 15.9 Å². The van der Waals surface area contributed by atoms with E-state index in [-0.39, 0.29) is 10.7 Å². The molecule has 6 nitrogen and oxygen atoms in total. The smallest absolute Gasteiger partial charge is 0.244 e. The summed E-state index contributed by atoms with van der Waals surface area (Å²) in [5.41, 5.74) is 4.95. The van der Waals surface area contributed by atoms with Crippen LogP contribution in [0.1, 0.15) is 6.92 Å². The highest BCUT2D eigenvalue weighted by Crippen LogP contribution is 2.25. The number of sulfonamides is 1. The Balaban J connectivity index is 3.16. The summed E-state index contributed by atoms with van der Waals surface area (Å²) in [5.74, 6) is -1.57. The summed E-state index contributed by atoms with van der Waals surface area (Å²) in [5, 5.41) is -0.0177. The minimum absolute atomic E-state index is 0.0177. The molecule has 0 bridgehead atoms. The van der Waals surface area contributed by atoms with Crippen molar-refractivity contribution in [2.24, 2.45) is 0 Å². The van der Waals surface area contributed by atoms with Crippen molar-refractivity contribution >= 4 is 33.2 Å². The van der Waals surface area contributed by atoms with Crippen LogP contribution < -0.4 is 10.5 Å². The number of benzene rings is 1. The number of hydrogen-bond acceptors (Lipinski definition) is 4. The Kier molecular flexibility index (Phi) is 4.95. The van der Waals surface area contributed by atoms with E-state index in [1.165, 1.54) is 25.9 Å². The predicted molar refractivity (Wildman–Crippen MR) is 74.3 cm³/mol. The molecular weight excluding hydrogens is 309 g/mol. The third-order valence-electron chi connectivity index (χ3n) is 2.46. The number of halogens is 2. The van der Waals surface area contributed by atoms with Gasteiger partial charge in [-0.2, -0.15) is 4.72 Å². The van der Waals surface area contributed by atoms with Crippen LogP contribution in [0.15, 0.2) is 17.0 Å². The molecule has 1 rings (SSSR count). The highest BCUT2D eigenvalue weighted by Gasteiger charge is 2.26. The van der Waals surface area contributed by atoms with Crippen molar-refractivity contribution in [1.29, 1.82) is 0 Å². The van der Waals surface area contributed by atoms with Crippen molar-refractivity contribution in [3.63, 3.8) is 0 Å². The zero-order chi connectivity index (χ0) is 15.7. The summed E-state index contributed by atoms with van der Waals surface area (Å²) < 4.78 is 40.0. The molecule has 0 aliphatic rings. The number of anilines is 1. The maximum Gasteiger partial charge on any atom is 0.244 e. The predicted octanol–water partition coefficient (Wildman–Crippen LogP) is 0.816. The van der Waals surface area contributed by atoms with Gasteiger partial charge >= 0.3 is 0 Å². The summed E-state index contributed by atoms with van der Waals surface area (Å²) in [4.78, 5) is 12.1. The monoisotopic (exact) mass is 323 g/mol. The number of nitrogen functional groups attached to an aromatic ring is 1. The van der Waals surface area contributed by atoms with Crippen molar-refractivity contribution < 1.29 is 17.6 Å². The fourth-order valence-corrected chi connectivity index (χ4v) is 3.13. The van der Waals surface area contributed by atoms with Crippen LogP contribution in [0.5, 0.6) is 0 Å². The molecule has 0 saturated carbocycles. The summed E-state index contributed by atoms with van der Waals surface area (Å²) >= 11 is 5.66. The van der Waals surface area contributed by atoms with Gasteiger partial charge in [0, 0.05) is 19.1 Å². The molecule has 0 aromatic heterocycles. The third-order valence-corrected chi connectivity index (χ3v) is 4.22. The fraction of sp³-hybridized carbons (Fsp3) is 0.364. The minimum Gasteiger partial charge on any atom is -0.396 e. The molecule has 0 spiro atoms. The second kappa shape index (κ2) is 5.94. The molecule has 0 radical (unpaired) electrons. The second-order valence-corrected chi connectivity index (χ2v) is 6.50. The number of nitrogens with two attached hydrogens (primary N) is 1. The molecule has 1 unspecified atom stereocenters. The first-order valence-corrected chi connectivity index (χ1v) is 7.40. The number of carbonyl (C=O) groups is 1. The largest absolute Gasteiger partial charge is 0.396 e. The van der Waals surface area contributed by atoms with E-state index in [1.807, 2.05) is 0 Å². The summed E-state index contributed by atoms with van der Waals surface area (Å²) in [6.45, 7) is 1.35. The lowest BCUT2D eigenvalue weighted by Crippen LogP contribution is -2.44. The number of amides is 1. The molecule has 0 saturated heterocycles. The van der Waals surface area contributed by atoms with Crippen molar-refractivity contribution in [3.8, 4) is 0 Å². The molecule has 1 aromatic carbocycles. The zero-order valence-corrected chi connectivity index (χ0v) is 12.7. The first-order valence-electron chi connectivity index (χ1n) is 5.54. The normalized spacial score (nSPS) is 13.1. The van der Waals surface area contributed by atoms with Gasteiger partial charge in [-0.15, -0.1) is 0 Å². The molecule has 0 fully saturated rings. The van der Waals surface area contributed by atoms with Gasteiger partial charge in [0.1, 0.15) is 4.90 Å². The van der Waals surface area contributed by atoms with E-state index in [1.54, 1.807) is 0 Å². The number of nitrogens with one attached hydrogen (secondary N) is 1.